The Bertz CT molecular complexity index is 702. The molecule has 1 aromatic carbocycles. The summed E-state index contributed by atoms with van der Waals surface area (Å²) in [5.41, 5.74) is 4.26. The van der Waals surface area contributed by atoms with Crippen LogP contribution in [0.2, 0.25) is 12.6 Å². The van der Waals surface area contributed by atoms with Crippen LogP contribution in [0.4, 0.5) is 27.6 Å². The largest absolute Gasteiger partial charge is 0.458 e. The van der Waals surface area contributed by atoms with Gasteiger partial charge in [-0.2, -0.15) is 17.6 Å². The lowest BCUT2D eigenvalue weighted by Crippen LogP contribution is -2.57. The van der Waals surface area contributed by atoms with Crippen molar-refractivity contribution in [3.63, 3.8) is 0 Å². The maximum Gasteiger partial charge on any atom is 0.458 e. The molecule has 0 saturated carbocycles. The van der Waals surface area contributed by atoms with Crippen LogP contribution in [0.5, 0.6) is 0 Å². The highest BCUT2D eigenvalue weighted by Gasteiger charge is 2.65. The van der Waals surface area contributed by atoms with Gasteiger partial charge in [0.2, 0.25) is 0 Å². The zero-order valence-corrected chi connectivity index (χ0v) is 16.9. The van der Waals surface area contributed by atoms with Crippen LogP contribution in [0.25, 0.3) is 0 Å². The summed E-state index contributed by atoms with van der Waals surface area (Å²) in [5, 5.41) is 0. The SMILES string of the molecule is C=C[Si](C)(C=C)CCCN(C(=O)C(F)(OCF)C(F)(F)F)c1cccc(C)c1. The quantitative estimate of drug-likeness (QED) is 0.373. The highest BCUT2D eigenvalue weighted by Crippen LogP contribution is 2.38. The third kappa shape index (κ3) is 5.51. The number of amides is 1. The summed E-state index contributed by atoms with van der Waals surface area (Å²) in [7, 11) is -2.03. The van der Waals surface area contributed by atoms with Crippen molar-refractivity contribution >= 4 is 19.7 Å². The van der Waals surface area contributed by atoms with Crippen LogP contribution in [-0.2, 0) is 9.53 Å². The zero-order chi connectivity index (χ0) is 21.6. The van der Waals surface area contributed by atoms with Gasteiger partial charge in [-0.3, -0.25) is 9.53 Å². The Labute approximate surface area is 162 Å². The van der Waals surface area contributed by atoms with Gasteiger partial charge in [-0.25, -0.2) is 4.39 Å². The van der Waals surface area contributed by atoms with Crippen molar-refractivity contribution in [3.8, 4) is 0 Å². The minimum absolute atomic E-state index is 0.0688. The average molecular weight is 421 g/mol. The Kier molecular flexibility index (Phi) is 8.13. The maximum absolute atomic E-state index is 14.5. The fraction of sp³-hybridized carbons (Fsp3) is 0.421. The predicted octanol–water partition coefficient (Wildman–Crippen LogP) is 5.42. The van der Waals surface area contributed by atoms with E-state index in [1.807, 2.05) is 6.55 Å². The smallest absolute Gasteiger partial charge is 0.307 e. The molecule has 0 saturated heterocycles. The minimum Gasteiger partial charge on any atom is -0.307 e. The molecule has 0 fully saturated rings. The Morgan fingerprint density at radius 1 is 1.25 bits per heavy atom. The molecule has 1 unspecified atom stereocenters. The first-order valence-electron chi connectivity index (χ1n) is 8.55. The van der Waals surface area contributed by atoms with Gasteiger partial charge in [0, 0.05) is 12.2 Å². The average Bonchev–Trinajstić information content (AvgIpc) is 2.63. The number of hydrogen-bond acceptors (Lipinski definition) is 2. The van der Waals surface area contributed by atoms with Crippen molar-refractivity contribution in [1.29, 1.82) is 0 Å². The molecule has 0 aliphatic heterocycles. The molecule has 0 aromatic heterocycles. The van der Waals surface area contributed by atoms with Gasteiger partial charge in [0.15, 0.2) is 6.86 Å². The second kappa shape index (κ2) is 9.47. The number of nitrogens with zero attached hydrogens (tertiary/aromatic N) is 1. The summed E-state index contributed by atoms with van der Waals surface area (Å²) < 4.78 is 70.1. The van der Waals surface area contributed by atoms with Gasteiger partial charge in [0.05, 0.1) is 8.07 Å². The molecule has 1 aromatic rings. The van der Waals surface area contributed by atoms with Crippen LogP contribution in [0.15, 0.2) is 48.8 Å². The fourth-order valence-electron chi connectivity index (χ4n) is 2.56. The van der Waals surface area contributed by atoms with Crippen LogP contribution in [0.1, 0.15) is 12.0 Å². The van der Waals surface area contributed by atoms with E-state index in [-0.39, 0.29) is 18.7 Å². The third-order valence-corrected chi connectivity index (χ3v) is 7.78. The van der Waals surface area contributed by atoms with Crippen molar-refractivity contribution in [1.82, 2.24) is 0 Å². The lowest BCUT2D eigenvalue weighted by atomic mass is 10.1. The number of carbonyl (C=O) groups excluding carboxylic acids is 1. The first-order chi connectivity index (χ1) is 12.9. The van der Waals surface area contributed by atoms with Crippen LogP contribution in [-0.4, -0.2) is 39.4 Å². The maximum atomic E-state index is 14.5. The summed E-state index contributed by atoms with van der Waals surface area (Å²) in [6.07, 6.45) is -5.45. The van der Waals surface area contributed by atoms with E-state index >= 15 is 0 Å². The lowest BCUT2D eigenvalue weighted by Gasteiger charge is -2.32. The van der Waals surface area contributed by atoms with E-state index in [0.717, 1.165) is 0 Å². The van der Waals surface area contributed by atoms with E-state index in [1.54, 1.807) is 24.4 Å². The summed E-state index contributed by atoms with van der Waals surface area (Å²) >= 11 is 0. The molecule has 1 atom stereocenters. The molecule has 1 rings (SSSR count). The number of alkyl halides is 5. The monoisotopic (exact) mass is 421 g/mol. The Morgan fingerprint density at radius 2 is 1.86 bits per heavy atom. The number of anilines is 1. The first kappa shape index (κ1) is 24.0. The van der Waals surface area contributed by atoms with E-state index in [2.05, 4.69) is 17.9 Å². The molecule has 28 heavy (non-hydrogen) atoms. The molecule has 0 heterocycles. The van der Waals surface area contributed by atoms with Gasteiger partial charge in [0.25, 0.3) is 0 Å². The van der Waals surface area contributed by atoms with Crippen LogP contribution in [0, 0.1) is 6.92 Å². The molecule has 3 nitrogen and oxygen atoms in total. The molecular formula is C19H24F5NO2Si. The van der Waals surface area contributed by atoms with E-state index in [4.69, 9.17) is 0 Å². The number of rotatable bonds is 10. The van der Waals surface area contributed by atoms with E-state index < -0.39 is 32.9 Å². The minimum atomic E-state index is -5.73. The molecule has 0 aliphatic rings. The summed E-state index contributed by atoms with van der Waals surface area (Å²) in [6, 6.07) is 6.58. The normalized spacial score (nSPS) is 14.2. The first-order valence-corrected chi connectivity index (χ1v) is 11.4. The third-order valence-electron chi connectivity index (χ3n) is 4.48. The van der Waals surface area contributed by atoms with E-state index in [0.29, 0.717) is 16.5 Å². The van der Waals surface area contributed by atoms with E-state index in [9.17, 15) is 26.7 Å². The van der Waals surface area contributed by atoms with Gasteiger partial charge in [0.1, 0.15) is 0 Å². The second-order valence-electron chi connectivity index (χ2n) is 6.66. The van der Waals surface area contributed by atoms with Crippen LogP contribution >= 0.6 is 0 Å². The molecule has 156 valence electrons. The van der Waals surface area contributed by atoms with Crippen molar-refractivity contribution < 1.29 is 31.5 Å². The van der Waals surface area contributed by atoms with Gasteiger partial charge in [-0.15, -0.1) is 13.2 Å². The van der Waals surface area contributed by atoms with Crippen molar-refractivity contribution in [3.05, 3.63) is 54.4 Å². The number of carbonyl (C=O) groups is 1. The predicted molar refractivity (Wildman–Crippen MR) is 102 cm³/mol. The Hall–Kier alpha value is -2.00. The molecule has 9 heteroatoms. The molecule has 1 amide bonds. The topological polar surface area (TPSA) is 29.5 Å². The summed E-state index contributed by atoms with van der Waals surface area (Å²) in [5.74, 6) is -6.79. The second-order valence-corrected chi connectivity index (χ2v) is 11.0. The van der Waals surface area contributed by atoms with Gasteiger partial charge in [-0.05, 0) is 37.1 Å². The fourth-order valence-corrected chi connectivity index (χ4v) is 4.06. The van der Waals surface area contributed by atoms with E-state index in [1.165, 1.54) is 18.2 Å². The Balaban J connectivity index is 3.25. The van der Waals surface area contributed by atoms with Crippen molar-refractivity contribution in [2.75, 3.05) is 18.3 Å². The molecule has 0 aliphatic carbocycles. The van der Waals surface area contributed by atoms with Crippen molar-refractivity contribution in [2.24, 2.45) is 0 Å². The highest BCUT2D eigenvalue weighted by molar-refractivity contribution is 6.87. The molecule has 0 radical (unpaired) electrons. The molecular weight excluding hydrogens is 397 g/mol. The number of aryl methyl sites for hydroxylation is 1. The van der Waals surface area contributed by atoms with Gasteiger partial charge >= 0.3 is 17.9 Å². The van der Waals surface area contributed by atoms with Crippen LogP contribution < -0.4 is 4.90 Å². The Morgan fingerprint density at radius 3 is 2.32 bits per heavy atom. The molecule has 0 bridgehead atoms. The molecule has 0 N–H and O–H groups in total. The van der Waals surface area contributed by atoms with Gasteiger partial charge in [-0.1, -0.05) is 30.1 Å². The lowest BCUT2D eigenvalue weighted by molar-refractivity contribution is -0.321. The number of halogens is 5. The molecule has 0 spiro atoms. The standard InChI is InChI=1S/C19H24F5NO2Si/c1-5-28(4,6-2)12-8-11-25(16-10-7-9-15(3)13-16)17(26)18(21,27-14-20)19(22,23)24/h5-7,9-10,13H,1-2,8,11-12,14H2,3-4H3. The number of hydrogen-bond donors (Lipinski definition) is 0. The summed E-state index contributed by atoms with van der Waals surface area (Å²) in [4.78, 5) is 13.2. The van der Waals surface area contributed by atoms with Gasteiger partial charge < -0.3 is 4.90 Å². The van der Waals surface area contributed by atoms with Crippen molar-refractivity contribution in [2.45, 2.75) is 38.0 Å². The zero-order valence-electron chi connectivity index (χ0n) is 15.9. The highest BCUT2D eigenvalue weighted by atomic mass is 28.3. The number of benzene rings is 1. The number of ether oxygens (including phenoxy) is 1. The summed E-state index contributed by atoms with van der Waals surface area (Å²) in [6.45, 7) is 8.81. The van der Waals surface area contributed by atoms with Crippen LogP contribution in [0.3, 0.4) is 0 Å².